The Balaban J connectivity index is 2.92. The number of imidazole rings is 1. The third kappa shape index (κ3) is 0.916. The van der Waals surface area contributed by atoms with Gasteiger partial charge in [-0.15, -0.1) is 0 Å². The molecule has 0 amide bonds. The Labute approximate surface area is 56.7 Å². The Morgan fingerprint density at radius 1 is 1.88 bits per heavy atom. The van der Waals surface area contributed by atoms with E-state index >= 15 is 0 Å². The molecule has 0 aliphatic rings. The lowest BCUT2D eigenvalue weighted by atomic mass is 10.7. The van der Waals surface area contributed by atoms with Crippen molar-refractivity contribution in [1.29, 1.82) is 0 Å². The van der Waals surface area contributed by atoms with Crippen molar-refractivity contribution in [2.45, 2.75) is 13.5 Å². The number of rotatable bonds is 1. The van der Waals surface area contributed by atoms with Gasteiger partial charge in [-0.25, -0.2) is 9.55 Å². The largest absolute Gasteiger partial charge is 0.249 e. The summed E-state index contributed by atoms with van der Waals surface area (Å²) < 4.78 is 3.17. The van der Waals surface area contributed by atoms with Gasteiger partial charge in [0.15, 0.2) is 0 Å². The van der Waals surface area contributed by atoms with Crippen molar-refractivity contribution < 1.29 is 4.57 Å². The van der Waals surface area contributed by atoms with Gasteiger partial charge in [0, 0.05) is 15.9 Å². The SMILES string of the molecule is CC[n+]1c[nH]cc1Br. The van der Waals surface area contributed by atoms with Gasteiger partial charge in [0.05, 0.1) is 6.54 Å². The van der Waals surface area contributed by atoms with Crippen molar-refractivity contribution in [1.82, 2.24) is 4.98 Å². The van der Waals surface area contributed by atoms with E-state index in [-0.39, 0.29) is 0 Å². The first-order valence-corrected chi connectivity index (χ1v) is 3.35. The van der Waals surface area contributed by atoms with Gasteiger partial charge in [0.1, 0.15) is 6.20 Å². The van der Waals surface area contributed by atoms with Crippen molar-refractivity contribution in [3.8, 4) is 0 Å². The molecule has 1 N–H and O–H groups in total. The summed E-state index contributed by atoms with van der Waals surface area (Å²) in [5.74, 6) is 0. The average molecular weight is 176 g/mol. The van der Waals surface area contributed by atoms with Crippen molar-refractivity contribution in [2.75, 3.05) is 0 Å². The summed E-state index contributed by atoms with van der Waals surface area (Å²) in [6.45, 7) is 3.10. The maximum Gasteiger partial charge on any atom is 0.242 e. The molecule has 0 aromatic carbocycles. The number of nitrogens with zero attached hydrogens (tertiary/aromatic N) is 1. The molecule has 1 rings (SSSR count). The molecule has 44 valence electrons. The van der Waals surface area contributed by atoms with Crippen LogP contribution in [0, 0.1) is 0 Å². The van der Waals surface area contributed by atoms with Crippen LogP contribution in [0.3, 0.4) is 0 Å². The maximum absolute atomic E-state index is 3.36. The number of hydrogen-bond acceptors (Lipinski definition) is 0. The van der Waals surface area contributed by atoms with Gasteiger partial charge >= 0.3 is 0 Å². The third-order valence-corrected chi connectivity index (χ3v) is 1.73. The van der Waals surface area contributed by atoms with Gasteiger partial charge in [0.2, 0.25) is 10.9 Å². The fourth-order valence-electron chi connectivity index (χ4n) is 0.583. The minimum atomic E-state index is 1.00. The molecular formula is C5H8BrN2+. The Morgan fingerprint density at radius 2 is 2.62 bits per heavy atom. The predicted octanol–water partition coefficient (Wildman–Crippen LogP) is 1.08. The molecular weight excluding hydrogens is 168 g/mol. The van der Waals surface area contributed by atoms with Gasteiger partial charge in [-0.3, -0.25) is 0 Å². The molecule has 0 fully saturated rings. The van der Waals surface area contributed by atoms with Crippen LogP contribution in [0.4, 0.5) is 0 Å². The van der Waals surface area contributed by atoms with Crippen LogP contribution in [-0.2, 0) is 6.54 Å². The third-order valence-electron chi connectivity index (χ3n) is 1.05. The molecule has 0 spiro atoms. The molecule has 3 heteroatoms. The van der Waals surface area contributed by atoms with E-state index in [1.807, 2.05) is 12.5 Å². The first-order chi connectivity index (χ1) is 3.84. The highest BCUT2D eigenvalue weighted by molar-refractivity contribution is 9.10. The zero-order chi connectivity index (χ0) is 5.98. The van der Waals surface area contributed by atoms with E-state index < -0.39 is 0 Å². The second-order valence-electron chi connectivity index (χ2n) is 1.55. The highest BCUT2D eigenvalue weighted by Gasteiger charge is 1.99. The van der Waals surface area contributed by atoms with Gasteiger partial charge in [-0.05, 0) is 6.92 Å². The second-order valence-corrected chi connectivity index (χ2v) is 2.36. The van der Waals surface area contributed by atoms with Crippen molar-refractivity contribution in [3.63, 3.8) is 0 Å². The smallest absolute Gasteiger partial charge is 0.242 e. The number of hydrogen-bond donors (Lipinski definition) is 1. The predicted molar refractivity (Wildman–Crippen MR) is 34.4 cm³/mol. The number of aromatic amines is 1. The monoisotopic (exact) mass is 175 g/mol. The lowest BCUT2D eigenvalue weighted by molar-refractivity contribution is -0.702. The molecule has 0 saturated heterocycles. The lowest BCUT2D eigenvalue weighted by Crippen LogP contribution is -2.30. The van der Waals surface area contributed by atoms with Crippen LogP contribution in [-0.4, -0.2) is 4.98 Å². The van der Waals surface area contributed by atoms with Crippen LogP contribution in [0.25, 0.3) is 0 Å². The highest BCUT2D eigenvalue weighted by Crippen LogP contribution is 1.97. The van der Waals surface area contributed by atoms with Gasteiger partial charge in [-0.2, -0.15) is 0 Å². The zero-order valence-electron chi connectivity index (χ0n) is 4.69. The normalized spacial score (nSPS) is 9.75. The lowest BCUT2D eigenvalue weighted by Gasteiger charge is -1.84. The maximum atomic E-state index is 3.36. The van der Waals surface area contributed by atoms with E-state index in [9.17, 15) is 0 Å². The molecule has 0 aliphatic heterocycles. The van der Waals surface area contributed by atoms with E-state index in [1.54, 1.807) is 0 Å². The van der Waals surface area contributed by atoms with Gasteiger partial charge in [-0.1, -0.05) is 0 Å². The molecule has 0 unspecified atom stereocenters. The molecule has 0 radical (unpaired) electrons. The minimum absolute atomic E-state index is 1.00. The molecule has 1 heterocycles. The quantitative estimate of drug-likeness (QED) is 0.618. The van der Waals surface area contributed by atoms with Crippen LogP contribution >= 0.6 is 15.9 Å². The highest BCUT2D eigenvalue weighted by atomic mass is 79.9. The standard InChI is InChI=1S/C5H7BrN2/c1-2-8-4-7-3-5(8)6/h3-4H,2H2,1H3/p+1. The fraction of sp³-hybridized carbons (Fsp3) is 0.400. The Kier molecular flexibility index (Phi) is 1.68. The summed E-state index contributed by atoms with van der Waals surface area (Å²) in [5, 5.41) is 0. The van der Waals surface area contributed by atoms with E-state index in [0.717, 1.165) is 11.1 Å². The van der Waals surface area contributed by atoms with E-state index in [1.165, 1.54) is 0 Å². The minimum Gasteiger partial charge on any atom is -0.249 e. The molecule has 2 nitrogen and oxygen atoms in total. The number of aryl methyl sites for hydroxylation is 1. The van der Waals surface area contributed by atoms with Crippen LogP contribution < -0.4 is 4.57 Å². The van der Waals surface area contributed by atoms with Gasteiger partial charge < -0.3 is 0 Å². The fourth-order valence-corrected chi connectivity index (χ4v) is 1.07. The Morgan fingerprint density at radius 3 is 2.88 bits per heavy atom. The first-order valence-electron chi connectivity index (χ1n) is 2.56. The summed E-state index contributed by atoms with van der Waals surface area (Å²) in [4.78, 5) is 2.97. The molecule has 0 saturated carbocycles. The van der Waals surface area contributed by atoms with E-state index in [2.05, 4.69) is 32.4 Å². The second kappa shape index (κ2) is 2.31. The number of H-pyrrole nitrogens is 1. The Bertz CT molecular complexity index is 171. The summed E-state index contributed by atoms with van der Waals surface area (Å²) in [7, 11) is 0. The van der Waals surface area contributed by atoms with Crippen molar-refractivity contribution in [2.24, 2.45) is 0 Å². The van der Waals surface area contributed by atoms with Crippen LogP contribution in [0.2, 0.25) is 0 Å². The van der Waals surface area contributed by atoms with Crippen LogP contribution in [0.1, 0.15) is 6.92 Å². The average Bonchev–Trinajstić information content (AvgIpc) is 2.14. The molecule has 0 aliphatic carbocycles. The number of aromatic nitrogens is 2. The van der Waals surface area contributed by atoms with E-state index in [0.29, 0.717) is 0 Å². The van der Waals surface area contributed by atoms with Crippen molar-refractivity contribution >= 4 is 15.9 Å². The molecule has 0 atom stereocenters. The Hall–Kier alpha value is -0.310. The molecule has 0 bridgehead atoms. The summed E-state index contributed by atoms with van der Waals surface area (Å²) in [6.07, 6.45) is 3.83. The molecule has 1 aromatic heterocycles. The van der Waals surface area contributed by atoms with Gasteiger partial charge in [0.25, 0.3) is 0 Å². The summed E-state index contributed by atoms with van der Waals surface area (Å²) >= 11 is 3.36. The zero-order valence-corrected chi connectivity index (χ0v) is 6.27. The van der Waals surface area contributed by atoms with Crippen LogP contribution in [0.15, 0.2) is 17.1 Å². The summed E-state index contributed by atoms with van der Waals surface area (Å²) in [6, 6.07) is 0. The number of nitrogens with one attached hydrogen (secondary N) is 1. The van der Waals surface area contributed by atoms with Crippen LogP contribution in [0.5, 0.6) is 0 Å². The summed E-state index contributed by atoms with van der Waals surface area (Å²) in [5.41, 5.74) is 0. The molecule has 1 aromatic rings. The topological polar surface area (TPSA) is 19.7 Å². The van der Waals surface area contributed by atoms with Crippen molar-refractivity contribution in [3.05, 3.63) is 17.1 Å². The number of halogens is 1. The molecule has 8 heavy (non-hydrogen) atoms. The van der Waals surface area contributed by atoms with E-state index in [4.69, 9.17) is 0 Å². The first kappa shape index (κ1) is 5.82.